The first-order valence-electron chi connectivity index (χ1n) is 6.04. The SMILES string of the molecule is O=S(=O)(c1ccccc1)C1NC(O)(O)c2ccccc21. The predicted octanol–water partition coefficient (Wildman–Crippen LogP) is 0.857. The number of hydrogen-bond donors (Lipinski definition) is 3. The molecule has 0 radical (unpaired) electrons. The van der Waals surface area contributed by atoms with Crippen LogP contribution in [0.2, 0.25) is 0 Å². The van der Waals surface area contributed by atoms with Gasteiger partial charge >= 0.3 is 0 Å². The molecule has 0 saturated carbocycles. The standard InChI is InChI=1S/C14H13NO4S/c16-14(17)12-9-5-4-8-11(12)13(15-14)20(18,19)10-6-2-1-3-7-10/h1-9,13,15-17H. The first kappa shape index (κ1) is 13.3. The fourth-order valence-electron chi connectivity index (χ4n) is 2.37. The van der Waals surface area contributed by atoms with Crippen molar-refractivity contribution < 1.29 is 18.6 Å². The second-order valence-corrected chi connectivity index (χ2v) is 6.67. The van der Waals surface area contributed by atoms with Gasteiger partial charge < -0.3 is 10.2 Å². The van der Waals surface area contributed by atoms with Gasteiger partial charge in [0.15, 0.2) is 9.84 Å². The van der Waals surface area contributed by atoms with Crippen molar-refractivity contribution in [2.45, 2.75) is 16.2 Å². The maximum atomic E-state index is 12.6. The number of fused-ring (bicyclic) bond motifs is 1. The van der Waals surface area contributed by atoms with Gasteiger partial charge in [0.05, 0.1) is 4.90 Å². The lowest BCUT2D eigenvalue weighted by Gasteiger charge is -2.18. The van der Waals surface area contributed by atoms with Crippen molar-refractivity contribution in [1.82, 2.24) is 5.32 Å². The van der Waals surface area contributed by atoms with Gasteiger partial charge in [0.2, 0.25) is 0 Å². The Kier molecular flexibility index (Phi) is 2.91. The zero-order valence-electron chi connectivity index (χ0n) is 10.4. The Bertz CT molecular complexity index is 741. The number of rotatable bonds is 2. The van der Waals surface area contributed by atoms with Crippen molar-refractivity contribution in [2.75, 3.05) is 0 Å². The maximum absolute atomic E-state index is 12.6. The fraction of sp³-hybridized carbons (Fsp3) is 0.143. The van der Waals surface area contributed by atoms with Crippen molar-refractivity contribution in [1.29, 1.82) is 0 Å². The van der Waals surface area contributed by atoms with Crippen LogP contribution in [0.5, 0.6) is 0 Å². The van der Waals surface area contributed by atoms with Crippen LogP contribution < -0.4 is 5.32 Å². The van der Waals surface area contributed by atoms with E-state index in [4.69, 9.17) is 0 Å². The second kappa shape index (κ2) is 4.39. The van der Waals surface area contributed by atoms with E-state index in [1.54, 1.807) is 36.4 Å². The minimum Gasteiger partial charge on any atom is -0.350 e. The lowest BCUT2D eigenvalue weighted by molar-refractivity contribution is -0.188. The van der Waals surface area contributed by atoms with Crippen molar-refractivity contribution in [3.05, 3.63) is 65.7 Å². The molecule has 104 valence electrons. The Balaban J connectivity index is 2.14. The maximum Gasteiger partial charge on any atom is 0.252 e. The van der Waals surface area contributed by atoms with Gasteiger partial charge in [-0.2, -0.15) is 0 Å². The minimum absolute atomic E-state index is 0.130. The minimum atomic E-state index is -3.75. The smallest absolute Gasteiger partial charge is 0.252 e. The van der Waals surface area contributed by atoms with Crippen LogP contribution in [0.4, 0.5) is 0 Å². The van der Waals surface area contributed by atoms with E-state index in [0.29, 0.717) is 5.56 Å². The van der Waals surface area contributed by atoms with Crippen LogP contribution in [-0.2, 0) is 15.7 Å². The van der Waals surface area contributed by atoms with Crippen molar-refractivity contribution in [3.8, 4) is 0 Å². The molecule has 20 heavy (non-hydrogen) atoms. The average Bonchev–Trinajstić information content (AvgIpc) is 2.73. The van der Waals surface area contributed by atoms with Gasteiger partial charge in [-0.15, -0.1) is 0 Å². The number of aliphatic hydroxyl groups is 2. The van der Waals surface area contributed by atoms with Gasteiger partial charge in [0.1, 0.15) is 5.37 Å². The fourth-order valence-corrected chi connectivity index (χ4v) is 4.04. The van der Waals surface area contributed by atoms with Gasteiger partial charge in [-0.05, 0) is 17.7 Å². The predicted molar refractivity (Wildman–Crippen MR) is 72.1 cm³/mol. The molecule has 1 aliphatic heterocycles. The number of benzene rings is 2. The Morgan fingerprint density at radius 2 is 1.55 bits per heavy atom. The molecule has 2 aromatic carbocycles. The summed E-state index contributed by atoms with van der Waals surface area (Å²) in [5.41, 5.74) is 0.505. The van der Waals surface area contributed by atoms with Gasteiger partial charge in [-0.25, -0.2) is 13.7 Å². The summed E-state index contributed by atoms with van der Waals surface area (Å²) in [4.78, 5) is 0.130. The summed E-state index contributed by atoms with van der Waals surface area (Å²) in [6, 6.07) is 14.3. The zero-order valence-corrected chi connectivity index (χ0v) is 11.2. The second-order valence-electron chi connectivity index (χ2n) is 4.64. The molecule has 3 rings (SSSR count). The molecule has 2 aromatic rings. The summed E-state index contributed by atoms with van der Waals surface area (Å²) in [5.74, 6) is -2.34. The van der Waals surface area contributed by atoms with E-state index in [1.165, 1.54) is 18.2 Å². The van der Waals surface area contributed by atoms with E-state index in [0.717, 1.165) is 0 Å². The van der Waals surface area contributed by atoms with Crippen LogP contribution in [0.15, 0.2) is 59.5 Å². The van der Waals surface area contributed by atoms with Crippen LogP contribution >= 0.6 is 0 Å². The highest BCUT2D eigenvalue weighted by atomic mass is 32.2. The monoisotopic (exact) mass is 291 g/mol. The molecule has 1 atom stereocenters. The van der Waals surface area contributed by atoms with E-state index in [9.17, 15) is 18.6 Å². The lowest BCUT2D eigenvalue weighted by Crippen LogP contribution is -2.39. The quantitative estimate of drug-likeness (QED) is 0.714. The molecule has 0 amide bonds. The third-order valence-electron chi connectivity index (χ3n) is 3.33. The number of sulfone groups is 1. The van der Waals surface area contributed by atoms with Crippen molar-refractivity contribution in [2.24, 2.45) is 0 Å². The highest BCUT2D eigenvalue weighted by molar-refractivity contribution is 7.91. The Labute approximate surface area is 116 Å². The average molecular weight is 291 g/mol. The first-order valence-corrected chi connectivity index (χ1v) is 7.58. The Morgan fingerprint density at radius 1 is 0.950 bits per heavy atom. The first-order chi connectivity index (χ1) is 9.43. The van der Waals surface area contributed by atoms with E-state index in [2.05, 4.69) is 5.32 Å². The molecular weight excluding hydrogens is 278 g/mol. The summed E-state index contributed by atoms with van der Waals surface area (Å²) in [5, 5.41) is 21.0. The third-order valence-corrected chi connectivity index (χ3v) is 5.25. The molecule has 0 spiro atoms. The molecule has 0 bridgehead atoms. The van der Waals surface area contributed by atoms with Crippen LogP contribution in [0.1, 0.15) is 16.5 Å². The van der Waals surface area contributed by atoms with Crippen molar-refractivity contribution >= 4 is 9.84 Å². The third kappa shape index (κ3) is 1.94. The molecule has 5 nitrogen and oxygen atoms in total. The summed E-state index contributed by atoms with van der Waals surface area (Å²) in [6.45, 7) is 0. The molecule has 1 aliphatic rings. The highest BCUT2D eigenvalue weighted by Gasteiger charge is 2.46. The van der Waals surface area contributed by atoms with E-state index < -0.39 is 21.1 Å². The topological polar surface area (TPSA) is 86.6 Å². The van der Waals surface area contributed by atoms with E-state index in [1.807, 2.05) is 0 Å². The van der Waals surface area contributed by atoms with Crippen molar-refractivity contribution in [3.63, 3.8) is 0 Å². The van der Waals surface area contributed by atoms with E-state index in [-0.39, 0.29) is 10.5 Å². The van der Waals surface area contributed by atoms with Gasteiger partial charge in [-0.3, -0.25) is 0 Å². The van der Waals surface area contributed by atoms with E-state index >= 15 is 0 Å². The molecule has 0 fully saturated rings. The lowest BCUT2D eigenvalue weighted by atomic mass is 10.1. The molecule has 0 aromatic heterocycles. The number of hydrogen-bond acceptors (Lipinski definition) is 5. The highest BCUT2D eigenvalue weighted by Crippen LogP contribution is 2.39. The Hall–Kier alpha value is -1.73. The van der Waals surface area contributed by atoms with Gasteiger partial charge in [-0.1, -0.05) is 42.5 Å². The zero-order chi connectivity index (χ0) is 14.4. The van der Waals surface area contributed by atoms with Crippen LogP contribution in [-0.4, -0.2) is 18.6 Å². The van der Waals surface area contributed by atoms with Gasteiger partial charge in [0, 0.05) is 5.56 Å². The van der Waals surface area contributed by atoms with Crippen LogP contribution in [0.25, 0.3) is 0 Å². The molecule has 1 unspecified atom stereocenters. The molecule has 6 heteroatoms. The summed E-state index contributed by atoms with van der Waals surface area (Å²) in [7, 11) is -3.75. The van der Waals surface area contributed by atoms with Crippen LogP contribution in [0.3, 0.4) is 0 Å². The summed E-state index contributed by atoms with van der Waals surface area (Å²) < 4.78 is 25.2. The Morgan fingerprint density at radius 3 is 2.25 bits per heavy atom. The molecular formula is C14H13NO4S. The molecule has 0 saturated heterocycles. The van der Waals surface area contributed by atoms with Crippen LogP contribution in [0, 0.1) is 0 Å². The summed E-state index contributed by atoms with van der Waals surface area (Å²) in [6.07, 6.45) is 0. The number of nitrogens with one attached hydrogen (secondary N) is 1. The molecule has 3 N–H and O–H groups in total. The summed E-state index contributed by atoms with van der Waals surface area (Å²) >= 11 is 0. The normalized spacial score (nSPS) is 20.6. The van der Waals surface area contributed by atoms with Gasteiger partial charge in [0.25, 0.3) is 5.91 Å². The largest absolute Gasteiger partial charge is 0.350 e. The molecule has 1 heterocycles. The molecule has 0 aliphatic carbocycles.